The zero-order chi connectivity index (χ0) is 20.1. The van der Waals surface area contributed by atoms with Gasteiger partial charge in [0.05, 0.1) is 14.2 Å². The van der Waals surface area contributed by atoms with E-state index in [9.17, 15) is 4.79 Å². The molecule has 3 aromatic rings. The van der Waals surface area contributed by atoms with Crippen LogP contribution in [0.15, 0.2) is 54.7 Å². The first-order valence-electron chi connectivity index (χ1n) is 9.00. The Labute approximate surface area is 164 Å². The molecule has 0 atom stereocenters. The van der Waals surface area contributed by atoms with Crippen LogP contribution in [0.4, 0.5) is 0 Å². The van der Waals surface area contributed by atoms with Gasteiger partial charge in [0.25, 0.3) is 5.91 Å². The molecule has 0 radical (unpaired) electrons. The molecule has 28 heavy (non-hydrogen) atoms. The number of nitrogens with one attached hydrogen (secondary N) is 1. The molecule has 3 rings (SSSR count). The molecule has 0 bridgehead atoms. The van der Waals surface area contributed by atoms with E-state index in [2.05, 4.69) is 5.32 Å². The molecule has 146 valence electrons. The van der Waals surface area contributed by atoms with Gasteiger partial charge in [-0.3, -0.25) is 4.79 Å². The van der Waals surface area contributed by atoms with Gasteiger partial charge >= 0.3 is 0 Å². The highest BCUT2D eigenvalue weighted by Crippen LogP contribution is 2.24. The summed E-state index contributed by atoms with van der Waals surface area (Å²) in [6, 6.07) is 15.2. The quantitative estimate of drug-likeness (QED) is 0.661. The van der Waals surface area contributed by atoms with Crippen molar-refractivity contribution in [2.75, 3.05) is 14.2 Å². The lowest BCUT2D eigenvalue weighted by Gasteiger charge is -2.12. The van der Waals surface area contributed by atoms with E-state index in [1.807, 2.05) is 60.3 Å². The Hall–Kier alpha value is -3.25. The van der Waals surface area contributed by atoms with Gasteiger partial charge in [-0.2, -0.15) is 0 Å². The van der Waals surface area contributed by atoms with Gasteiger partial charge in [0.15, 0.2) is 0 Å². The highest BCUT2D eigenvalue weighted by molar-refractivity contribution is 5.95. The second-order valence-electron chi connectivity index (χ2n) is 6.53. The molecule has 0 aliphatic heterocycles. The number of carbonyl (C=O) groups is 1. The number of aryl methyl sites for hydroxylation is 1. The second-order valence-corrected chi connectivity index (χ2v) is 6.53. The Balaban J connectivity index is 1.82. The predicted octanol–water partition coefficient (Wildman–Crippen LogP) is 3.10. The van der Waals surface area contributed by atoms with Crippen LogP contribution in [0.1, 0.15) is 21.5 Å². The van der Waals surface area contributed by atoms with E-state index >= 15 is 0 Å². The van der Waals surface area contributed by atoms with E-state index in [1.54, 1.807) is 20.3 Å². The van der Waals surface area contributed by atoms with Gasteiger partial charge in [0.2, 0.25) is 0 Å². The van der Waals surface area contributed by atoms with Crippen LogP contribution in [0, 0.1) is 0 Å². The van der Waals surface area contributed by atoms with Gasteiger partial charge in [-0.1, -0.05) is 0 Å². The lowest BCUT2D eigenvalue weighted by atomic mass is 10.0. The summed E-state index contributed by atoms with van der Waals surface area (Å²) in [6.07, 6.45) is 1.97. The van der Waals surface area contributed by atoms with Crippen molar-refractivity contribution in [3.63, 3.8) is 0 Å². The third kappa shape index (κ3) is 4.35. The maximum Gasteiger partial charge on any atom is 0.251 e. The maximum absolute atomic E-state index is 12.8. The normalized spacial score (nSPS) is 10.6. The summed E-state index contributed by atoms with van der Waals surface area (Å²) in [5.74, 6) is 1.20. The van der Waals surface area contributed by atoms with E-state index in [0.29, 0.717) is 30.2 Å². The van der Waals surface area contributed by atoms with E-state index < -0.39 is 0 Å². The number of amides is 1. The van der Waals surface area contributed by atoms with E-state index in [-0.39, 0.29) is 5.91 Å². The van der Waals surface area contributed by atoms with Crippen molar-refractivity contribution in [3.8, 4) is 22.8 Å². The zero-order valence-electron chi connectivity index (χ0n) is 16.4. The minimum atomic E-state index is -0.160. The Bertz CT molecular complexity index is 957. The van der Waals surface area contributed by atoms with Crippen molar-refractivity contribution in [2.45, 2.75) is 13.1 Å². The van der Waals surface area contributed by atoms with Crippen molar-refractivity contribution in [1.82, 2.24) is 9.88 Å². The number of hydrogen-bond donors (Lipinski definition) is 2. The smallest absolute Gasteiger partial charge is 0.251 e. The molecule has 0 aliphatic rings. The van der Waals surface area contributed by atoms with Gasteiger partial charge in [-0.05, 0) is 59.2 Å². The first-order chi connectivity index (χ1) is 13.5. The summed E-state index contributed by atoms with van der Waals surface area (Å²) in [5.41, 5.74) is 10.2. The molecule has 1 heterocycles. The van der Waals surface area contributed by atoms with Gasteiger partial charge < -0.3 is 25.1 Å². The molecule has 0 spiro atoms. The Morgan fingerprint density at radius 3 is 2.32 bits per heavy atom. The predicted molar refractivity (Wildman–Crippen MR) is 109 cm³/mol. The van der Waals surface area contributed by atoms with E-state index in [1.165, 1.54) is 0 Å². The fourth-order valence-electron chi connectivity index (χ4n) is 3.10. The molecule has 0 aliphatic carbocycles. The third-order valence-corrected chi connectivity index (χ3v) is 4.59. The second kappa shape index (κ2) is 8.63. The number of benzene rings is 2. The van der Waals surface area contributed by atoms with Gasteiger partial charge in [-0.15, -0.1) is 0 Å². The van der Waals surface area contributed by atoms with Crippen LogP contribution in [-0.4, -0.2) is 24.7 Å². The fraction of sp³-hybridized carbons (Fsp3) is 0.227. The van der Waals surface area contributed by atoms with Crippen LogP contribution in [0.2, 0.25) is 0 Å². The first kappa shape index (κ1) is 19.5. The Morgan fingerprint density at radius 1 is 1.04 bits per heavy atom. The molecular formula is C22H25N3O3. The van der Waals surface area contributed by atoms with E-state index in [0.717, 1.165) is 22.4 Å². The molecule has 0 unspecified atom stereocenters. The number of aromatic nitrogens is 1. The first-order valence-corrected chi connectivity index (χ1v) is 9.00. The lowest BCUT2D eigenvalue weighted by molar-refractivity contribution is 0.0950. The number of hydrogen-bond acceptors (Lipinski definition) is 4. The summed E-state index contributed by atoms with van der Waals surface area (Å²) in [6.45, 7) is 0.727. The topological polar surface area (TPSA) is 78.5 Å². The summed E-state index contributed by atoms with van der Waals surface area (Å²) in [7, 11) is 5.17. The molecule has 3 N–H and O–H groups in total. The molecule has 6 heteroatoms. The maximum atomic E-state index is 12.8. The van der Waals surface area contributed by atoms with Crippen molar-refractivity contribution in [1.29, 1.82) is 0 Å². The summed E-state index contributed by atoms with van der Waals surface area (Å²) < 4.78 is 12.6. The van der Waals surface area contributed by atoms with Crippen molar-refractivity contribution < 1.29 is 14.3 Å². The minimum absolute atomic E-state index is 0.160. The van der Waals surface area contributed by atoms with Crippen LogP contribution < -0.4 is 20.5 Å². The third-order valence-electron chi connectivity index (χ3n) is 4.59. The van der Waals surface area contributed by atoms with Gasteiger partial charge in [0.1, 0.15) is 11.5 Å². The number of nitrogens with zero attached hydrogens (tertiary/aromatic N) is 1. The fourth-order valence-corrected chi connectivity index (χ4v) is 3.10. The monoisotopic (exact) mass is 379 g/mol. The summed E-state index contributed by atoms with van der Waals surface area (Å²) in [4.78, 5) is 12.8. The standard InChI is InChI=1S/C22H25N3O3/c1-25-6-4-5-21(25)17-7-15(13-23)8-18(11-17)22(26)24-14-16-9-19(27-2)12-20(10-16)28-3/h4-12H,13-14,23H2,1-3H3,(H,24,26). The summed E-state index contributed by atoms with van der Waals surface area (Å²) >= 11 is 0. The SMILES string of the molecule is COc1cc(CNC(=O)c2cc(CN)cc(-c3cccn3C)c2)cc(OC)c1. The molecule has 2 aromatic carbocycles. The molecule has 1 amide bonds. The number of ether oxygens (including phenoxy) is 2. The molecular weight excluding hydrogens is 354 g/mol. The highest BCUT2D eigenvalue weighted by Gasteiger charge is 2.12. The van der Waals surface area contributed by atoms with Crippen LogP contribution in [0.3, 0.4) is 0 Å². The van der Waals surface area contributed by atoms with Crippen molar-refractivity contribution in [2.24, 2.45) is 12.8 Å². The molecule has 6 nitrogen and oxygen atoms in total. The molecule has 0 saturated carbocycles. The number of rotatable bonds is 7. The molecule has 1 aromatic heterocycles. The van der Waals surface area contributed by atoms with E-state index in [4.69, 9.17) is 15.2 Å². The minimum Gasteiger partial charge on any atom is -0.497 e. The zero-order valence-corrected chi connectivity index (χ0v) is 16.4. The van der Waals surface area contributed by atoms with Crippen LogP contribution >= 0.6 is 0 Å². The number of methoxy groups -OCH3 is 2. The average Bonchev–Trinajstić information content (AvgIpc) is 3.17. The highest BCUT2D eigenvalue weighted by atomic mass is 16.5. The lowest BCUT2D eigenvalue weighted by Crippen LogP contribution is -2.23. The Kier molecular flexibility index (Phi) is 6.01. The Morgan fingerprint density at radius 2 is 1.75 bits per heavy atom. The summed E-state index contributed by atoms with van der Waals surface area (Å²) in [5, 5.41) is 2.96. The largest absolute Gasteiger partial charge is 0.497 e. The average molecular weight is 379 g/mol. The van der Waals surface area contributed by atoms with Gasteiger partial charge in [0, 0.05) is 43.7 Å². The number of carbonyl (C=O) groups excluding carboxylic acids is 1. The van der Waals surface area contributed by atoms with Crippen molar-refractivity contribution >= 4 is 5.91 Å². The van der Waals surface area contributed by atoms with Crippen LogP contribution in [0.25, 0.3) is 11.3 Å². The molecule has 0 fully saturated rings. The van der Waals surface area contributed by atoms with Crippen LogP contribution in [-0.2, 0) is 20.1 Å². The van der Waals surface area contributed by atoms with Gasteiger partial charge in [-0.25, -0.2) is 0 Å². The number of nitrogens with two attached hydrogens (primary N) is 1. The van der Waals surface area contributed by atoms with Crippen LogP contribution in [0.5, 0.6) is 11.5 Å². The van der Waals surface area contributed by atoms with Crippen molar-refractivity contribution in [3.05, 3.63) is 71.4 Å². The molecule has 0 saturated heterocycles.